The molecule has 0 aliphatic rings. The van der Waals surface area contributed by atoms with E-state index in [4.69, 9.17) is 5.11 Å². The molecule has 3 heteroatoms. The summed E-state index contributed by atoms with van der Waals surface area (Å²) in [7, 11) is 0. The Labute approximate surface area is 84.1 Å². The molecule has 1 aromatic rings. The Bertz CT molecular complexity index is 318. The van der Waals surface area contributed by atoms with Crippen molar-refractivity contribution in [1.82, 2.24) is 0 Å². The van der Waals surface area contributed by atoms with Crippen molar-refractivity contribution in [2.45, 2.75) is 0 Å². The lowest BCUT2D eigenvalue weighted by Gasteiger charge is -1.94. The molecule has 0 fully saturated rings. The maximum Gasteiger partial charge on any atom is 0.328 e. The first-order valence-corrected chi connectivity index (χ1v) is 4.43. The molecule has 0 atom stereocenters. The predicted octanol–water partition coefficient (Wildman–Crippen LogP) is 2.39. The molecule has 0 bridgehead atoms. The average molecular weight is 274 g/mol. The molecule has 0 aromatic heterocycles. The van der Waals surface area contributed by atoms with Crippen molar-refractivity contribution in [3.8, 4) is 0 Å². The smallest absolute Gasteiger partial charge is 0.328 e. The fraction of sp³-hybridized carbons (Fsp3) is 0. The first kappa shape index (κ1) is 9.25. The van der Waals surface area contributed by atoms with Crippen LogP contribution in [0.4, 0.5) is 0 Å². The first-order valence-electron chi connectivity index (χ1n) is 3.35. The fourth-order valence-corrected chi connectivity index (χ4v) is 1.34. The van der Waals surface area contributed by atoms with Gasteiger partial charge in [0.2, 0.25) is 0 Å². The van der Waals surface area contributed by atoms with E-state index in [1.54, 1.807) is 6.08 Å². The third kappa shape index (κ3) is 2.65. The van der Waals surface area contributed by atoms with Gasteiger partial charge < -0.3 is 5.11 Å². The first-order chi connectivity index (χ1) is 5.70. The molecule has 62 valence electrons. The standard InChI is InChI=1S/C9H7IO2/c10-8-4-2-1-3-7(8)5-6-9(11)12/h1-6H,(H,11,12)/b6-5+. The Morgan fingerprint density at radius 1 is 1.42 bits per heavy atom. The van der Waals surface area contributed by atoms with Gasteiger partial charge in [-0.1, -0.05) is 18.2 Å². The van der Waals surface area contributed by atoms with E-state index in [1.165, 1.54) is 0 Å². The van der Waals surface area contributed by atoms with Crippen molar-refractivity contribution < 1.29 is 9.90 Å². The van der Waals surface area contributed by atoms with Crippen molar-refractivity contribution in [3.05, 3.63) is 39.5 Å². The summed E-state index contributed by atoms with van der Waals surface area (Å²) in [6, 6.07) is 7.60. The monoisotopic (exact) mass is 274 g/mol. The highest BCUT2D eigenvalue weighted by Crippen LogP contribution is 2.12. The molecule has 12 heavy (non-hydrogen) atoms. The average Bonchev–Trinajstić information content (AvgIpc) is 2.03. The zero-order chi connectivity index (χ0) is 8.97. The topological polar surface area (TPSA) is 37.3 Å². The van der Waals surface area contributed by atoms with Gasteiger partial charge in [0.25, 0.3) is 0 Å². The largest absolute Gasteiger partial charge is 0.478 e. The Morgan fingerprint density at radius 2 is 2.08 bits per heavy atom. The summed E-state index contributed by atoms with van der Waals surface area (Å²) in [5.74, 6) is -0.922. The number of hydrogen-bond acceptors (Lipinski definition) is 1. The van der Waals surface area contributed by atoms with Crippen LogP contribution in [0.15, 0.2) is 30.3 Å². The maximum atomic E-state index is 10.2. The molecule has 0 aliphatic carbocycles. The van der Waals surface area contributed by atoms with Gasteiger partial charge in [0.1, 0.15) is 0 Å². The summed E-state index contributed by atoms with van der Waals surface area (Å²) >= 11 is 2.16. The highest BCUT2D eigenvalue weighted by molar-refractivity contribution is 14.1. The highest BCUT2D eigenvalue weighted by atomic mass is 127. The third-order valence-corrected chi connectivity index (χ3v) is 2.29. The Balaban J connectivity index is 2.89. The van der Waals surface area contributed by atoms with Crippen LogP contribution in [0.1, 0.15) is 5.56 Å². The number of halogens is 1. The summed E-state index contributed by atoms with van der Waals surface area (Å²) in [4.78, 5) is 10.2. The quantitative estimate of drug-likeness (QED) is 0.664. The number of carboxylic acids is 1. The SMILES string of the molecule is O=C(O)/C=C/c1ccccc1I. The fourth-order valence-electron chi connectivity index (χ4n) is 0.771. The molecule has 0 aliphatic heterocycles. The lowest BCUT2D eigenvalue weighted by atomic mass is 10.2. The van der Waals surface area contributed by atoms with E-state index in [2.05, 4.69) is 22.6 Å². The van der Waals surface area contributed by atoms with Gasteiger partial charge in [-0.3, -0.25) is 0 Å². The van der Waals surface area contributed by atoms with Crippen molar-refractivity contribution in [2.24, 2.45) is 0 Å². The Kier molecular flexibility index (Phi) is 3.28. The second-order valence-electron chi connectivity index (χ2n) is 2.19. The van der Waals surface area contributed by atoms with Crippen LogP contribution in [0.3, 0.4) is 0 Å². The van der Waals surface area contributed by atoms with Crippen LogP contribution in [-0.2, 0) is 4.79 Å². The minimum absolute atomic E-state index is 0.922. The van der Waals surface area contributed by atoms with E-state index < -0.39 is 5.97 Å². The van der Waals surface area contributed by atoms with E-state index in [1.807, 2.05) is 24.3 Å². The lowest BCUT2D eigenvalue weighted by molar-refractivity contribution is -0.131. The number of carboxylic acid groups (broad SMARTS) is 1. The molecule has 0 saturated heterocycles. The molecular weight excluding hydrogens is 267 g/mol. The van der Waals surface area contributed by atoms with Gasteiger partial charge in [-0.25, -0.2) is 4.79 Å². The Hall–Kier alpha value is -0.840. The maximum absolute atomic E-state index is 10.2. The number of rotatable bonds is 2. The van der Waals surface area contributed by atoms with Gasteiger partial charge >= 0.3 is 5.97 Å². The normalized spacial score (nSPS) is 10.4. The third-order valence-electron chi connectivity index (χ3n) is 1.31. The molecule has 0 amide bonds. The van der Waals surface area contributed by atoms with Crippen molar-refractivity contribution >= 4 is 34.6 Å². The van der Waals surface area contributed by atoms with Crippen LogP contribution in [0, 0.1) is 3.57 Å². The zero-order valence-corrected chi connectivity index (χ0v) is 8.36. The molecule has 0 saturated carbocycles. The second-order valence-corrected chi connectivity index (χ2v) is 3.36. The minimum Gasteiger partial charge on any atom is -0.478 e. The molecule has 0 heterocycles. The van der Waals surface area contributed by atoms with Crippen LogP contribution < -0.4 is 0 Å². The molecule has 1 aromatic carbocycles. The van der Waals surface area contributed by atoms with E-state index >= 15 is 0 Å². The summed E-state index contributed by atoms with van der Waals surface area (Å²) in [6.45, 7) is 0. The lowest BCUT2D eigenvalue weighted by Crippen LogP contribution is -1.86. The minimum atomic E-state index is -0.922. The van der Waals surface area contributed by atoms with E-state index in [0.717, 1.165) is 15.2 Å². The van der Waals surface area contributed by atoms with Crippen molar-refractivity contribution in [3.63, 3.8) is 0 Å². The second kappa shape index (κ2) is 4.25. The molecule has 2 nitrogen and oxygen atoms in total. The van der Waals surface area contributed by atoms with Crippen molar-refractivity contribution in [2.75, 3.05) is 0 Å². The van der Waals surface area contributed by atoms with E-state index in [0.29, 0.717) is 0 Å². The number of carbonyl (C=O) groups is 1. The van der Waals surface area contributed by atoms with Crippen LogP contribution in [0.2, 0.25) is 0 Å². The number of aliphatic carboxylic acids is 1. The number of benzene rings is 1. The van der Waals surface area contributed by atoms with E-state index in [9.17, 15) is 4.79 Å². The Morgan fingerprint density at radius 3 is 2.67 bits per heavy atom. The molecule has 0 radical (unpaired) electrons. The summed E-state index contributed by atoms with van der Waals surface area (Å²) < 4.78 is 1.05. The van der Waals surface area contributed by atoms with Gasteiger partial charge in [0, 0.05) is 9.65 Å². The van der Waals surface area contributed by atoms with Gasteiger partial charge in [-0.15, -0.1) is 0 Å². The predicted molar refractivity (Wildman–Crippen MR) is 55.8 cm³/mol. The summed E-state index contributed by atoms with van der Waals surface area (Å²) in [5, 5.41) is 8.38. The number of hydrogen-bond donors (Lipinski definition) is 1. The van der Waals surface area contributed by atoms with Gasteiger partial charge in [0.15, 0.2) is 0 Å². The molecule has 1 N–H and O–H groups in total. The van der Waals surface area contributed by atoms with Gasteiger partial charge in [-0.2, -0.15) is 0 Å². The van der Waals surface area contributed by atoms with Crippen LogP contribution in [0.25, 0.3) is 6.08 Å². The van der Waals surface area contributed by atoms with Crippen LogP contribution >= 0.6 is 22.6 Å². The summed E-state index contributed by atoms with van der Waals surface area (Å²) in [6.07, 6.45) is 2.72. The van der Waals surface area contributed by atoms with Gasteiger partial charge in [-0.05, 0) is 40.3 Å². The van der Waals surface area contributed by atoms with Gasteiger partial charge in [0.05, 0.1) is 0 Å². The molecular formula is C9H7IO2. The van der Waals surface area contributed by atoms with Crippen LogP contribution in [-0.4, -0.2) is 11.1 Å². The molecule has 0 spiro atoms. The van der Waals surface area contributed by atoms with Crippen LogP contribution in [0.5, 0.6) is 0 Å². The summed E-state index contributed by atoms with van der Waals surface area (Å²) in [5.41, 5.74) is 0.931. The van der Waals surface area contributed by atoms with Crippen molar-refractivity contribution in [1.29, 1.82) is 0 Å². The highest BCUT2D eigenvalue weighted by Gasteiger charge is 1.93. The van der Waals surface area contributed by atoms with E-state index in [-0.39, 0.29) is 0 Å². The molecule has 1 rings (SSSR count). The zero-order valence-electron chi connectivity index (χ0n) is 6.20. The molecule has 0 unspecified atom stereocenters.